The van der Waals surface area contributed by atoms with Gasteiger partial charge in [0.05, 0.1) is 6.10 Å². The normalized spacial score (nSPS) is 45.9. The number of aliphatic hydroxyl groups is 1. The van der Waals surface area contributed by atoms with Gasteiger partial charge >= 0.3 is 0 Å². The Hall–Kier alpha value is -0.300. The Bertz CT molecular complexity index is 246. The molecule has 1 saturated carbocycles. The molecule has 15 heavy (non-hydrogen) atoms. The fraction of sp³-hybridized carbons (Fsp3) is 0.857. The Morgan fingerprint density at radius 2 is 2.20 bits per heavy atom. The van der Waals surface area contributed by atoms with Gasteiger partial charge in [0.25, 0.3) is 0 Å². The zero-order chi connectivity index (χ0) is 10.9. The first-order valence-corrected chi connectivity index (χ1v) is 6.56. The van der Waals surface area contributed by atoms with Crippen LogP contribution in [0.15, 0.2) is 12.2 Å². The summed E-state index contributed by atoms with van der Waals surface area (Å²) in [6, 6.07) is 0. The molecule has 2 aliphatic carbocycles. The quantitative estimate of drug-likeness (QED) is 0.654. The maximum Gasteiger partial charge on any atom is 0.0604 e. The van der Waals surface area contributed by atoms with Gasteiger partial charge in [-0.05, 0) is 31.1 Å². The number of hydrogen-bond donors (Lipinski definition) is 1. The van der Waals surface area contributed by atoms with E-state index < -0.39 is 0 Å². The van der Waals surface area contributed by atoms with Crippen LogP contribution < -0.4 is 0 Å². The van der Waals surface area contributed by atoms with Gasteiger partial charge in [0.1, 0.15) is 0 Å². The molecule has 1 heteroatoms. The molecule has 0 aromatic rings. The van der Waals surface area contributed by atoms with Crippen molar-refractivity contribution in [2.24, 2.45) is 17.3 Å². The second kappa shape index (κ2) is 4.29. The standard InChI is InChI=1S/C14H24O/c1-3-12-8-6-7-11(2)14(12)10-5-4-9-13(14)15/h6-7,11-13,15H,3-5,8-10H2,1-2H3. The van der Waals surface area contributed by atoms with Gasteiger partial charge in [0, 0.05) is 5.41 Å². The van der Waals surface area contributed by atoms with Crippen molar-refractivity contribution < 1.29 is 5.11 Å². The lowest BCUT2D eigenvalue weighted by Gasteiger charge is -2.52. The smallest absolute Gasteiger partial charge is 0.0604 e. The van der Waals surface area contributed by atoms with Gasteiger partial charge in [-0.15, -0.1) is 0 Å². The van der Waals surface area contributed by atoms with Crippen molar-refractivity contribution in [1.29, 1.82) is 0 Å². The number of aliphatic hydroxyl groups excluding tert-OH is 1. The molecular weight excluding hydrogens is 184 g/mol. The van der Waals surface area contributed by atoms with E-state index in [1.807, 2.05) is 0 Å². The Kier molecular flexibility index (Phi) is 3.20. The molecule has 0 aromatic carbocycles. The Balaban J connectivity index is 2.30. The first kappa shape index (κ1) is 11.2. The zero-order valence-corrected chi connectivity index (χ0v) is 10.1. The summed E-state index contributed by atoms with van der Waals surface area (Å²) in [6.07, 6.45) is 11.8. The third kappa shape index (κ3) is 1.65. The summed E-state index contributed by atoms with van der Waals surface area (Å²) in [7, 11) is 0. The first-order chi connectivity index (χ1) is 7.21. The predicted molar refractivity (Wildman–Crippen MR) is 63.6 cm³/mol. The zero-order valence-electron chi connectivity index (χ0n) is 10.1. The Labute approximate surface area is 93.6 Å². The lowest BCUT2D eigenvalue weighted by molar-refractivity contribution is -0.0825. The minimum atomic E-state index is -0.0591. The van der Waals surface area contributed by atoms with E-state index in [4.69, 9.17) is 0 Å². The second-order valence-corrected chi connectivity index (χ2v) is 5.43. The van der Waals surface area contributed by atoms with Crippen molar-refractivity contribution in [3.63, 3.8) is 0 Å². The molecule has 0 saturated heterocycles. The van der Waals surface area contributed by atoms with Gasteiger partial charge in [-0.3, -0.25) is 0 Å². The average molecular weight is 208 g/mol. The molecule has 1 spiro atoms. The highest BCUT2D eigenvalue weighted by Gasteiger charge is 2.48. The third-order valence-corrected chi connectivity index (χ3v) is 4.90. The molecule has 2 aliphatic rings. The molecule has 0 radical (unpaired) electrons. The van der Waals surface area contributed by atoms with Gasteiger partial charge < -0.3 is 5.11 Å². The average Bonchev–Trinajstić information content (AvgIpc) is 2.25. The summed E-state index contributed by atoms with van der Waals surface area (Å²) in [5.41, 5.74) is 0.210. The molecule has 4 unspecified atom stereocenters. The number of hydrogen-bond acceptors (Lipinski definition) is 1. The summed E-state index contributed by atoms with van der Waals surface area (Å²) in [5.74, 6) is 1.26. The van der Waals surface area contributed by atoms with E-state index in [1.54, 1.807) is 0 Å². The maximum atomic E-state index is 10.4. The third-order valence-electron chi connectivity index (χ3n) is 4.90. The van der Waals surface area contributed by atoms with E-state index in [2.05, 4.69) is 26.0 Å². The van der Waals surface area contributed by atoms with Crippen molar-refractivity contribution in [3.05, 3.63) is 12.2 Å². The molecular formula is C14H24O. The van der Waals surface area contributed by atoms with Crippen LogP contribution in [-0.4, -0.2) is 11.2 Å². The number of rotatable bonds is 1. The maximum absolute atomic E-state index is 10.4. The van der Waals surface area contributed by atoms with Crippen LogP contribution in [-0.2, 0) is 0 Å². The number of allylic oxidation sites excluding steroid dienone is 2. The predicted octanol–water partition coefficient (Wildman–Crippen LogP) is 3.53. The molecule has 0 aliphatic heterocycles. The molecule has 1 N–H and O–H groups in total. The topological polar surface area (TPSA) is 20.2 Å². The molecule has 0 amide bonds. The SMILES string of the molecule is CCC1CC=CC(C)C12CCCCC2O. The molecule has 4 atom stereocenters. The van der Waals surface area contributed by atoms with Crippen molar-refractivity contribution in [2.75, 3.05) is 0 Å². The van der Waals surface area contributed by atoms with E-state index in [0.29, 0.717) is 11.8 Å². The molecule has 0 aromatic heterocycles. The second-order valence-electron chi connectivity index (χ2n) is 5.43. The largest absolute Gasteiger partial charge is 0.393 e. The summed E-state index contributed by atoms with van der Waals surface area (Å²) in [6.45, 7) is 4.58. The van der Waals surface area contributed by atoms with Crippen LogP contribution in [0.5, 0.6) is 0 Å². The van der Waals surface area contributed by atoms with Gasteiger partial charge in [0.15, 0.2) is 0 Å². The van der Waals surface area contributed by atoms with Crippen LogP contribution in [0.3, 0.4) is 0 Å². The van der Waals surface area contributed by atoms with Crippen LogP contribution in [0.4, 0.5) is 0 Å². The summed E-state index contributed by atoms with van der Waals surface area (Å²) < 4.78 is 0. The first-order valence-electron chi connectivity index (χ1n) is 6.56. The van der Waals surface area contributed by atoms with Gasteiger partial charge in [0.2, 0.25) is 0 Å². The highest BCUT2D eigenvalue weighted by atomic mass is 16.3. The summed E-state index contributed by atoms with van der Waals surface area (Å²) >= 11 is 0. The van der Waals surface area contributed by atoms with Gasteiger partial charge in [-0.2, -0.15) is 0 Å². The molecule has 1 nitrogen and oxygen atoms in total. The Morgan fingerprint density at radius 1 is 1.40 bits per heavy atom. The van der Waals surface area contributed by atoms with Crippen molar-refractivity contribution in [1.82, 2.24) is 0 Å². The molecule has 1 fully saturated rings. The van der Waals surface area contributed by atoms with Crippen molar-refractivity contribution in [3.8, 4) is 0 Å². The molecule has 2 rings (SSSR count). The summed E-state index contributed by atoms with van der Waals surface area (Å²) in [5, 5.41) is 10.4. The van der Waals surface area contributed by atoms with E-state index in [9.17, 15) is 5.11 Å². The fourth-order valence-corrected chi connectivity index (χ4v) is 3.98. The van der Waals surface area contributed by atoms with Crippen molar-refractivity contribution in [2.45, 2.75) is 58.5 Å². The molecule has 0 heterocycles. The van der Waals surface area contributed by atoms with Crippen molar-refractivity contribution >= 4 is 0 Å². The minimum Gasteiger partial charge on any atom is -0.393 e. The van der Waals surface area contributed by atoms with Crippen LogP contribution in [0.1, 0.15) is 52.4 Å². The lowest BCUT2D eigenvalue weighted by atomic mass is 9.55. The van der Waals surface area contributed by atoms with Gasteiger partial charge in [-0.25, -0.2) is 0 Å². The Morgan fingerprint density at radius 3 is 2.87 bits per heavy atom. The van der Waals surface area contributed by atoms with Crippen LogP contribution in [0.2, 0.25) is 0 Å². The van der Waals surface area contributed by atoms with E-state index >= 15 is 0 Å². The highest BCUT2D eigenvalue weighted by molar-refractivity contribution is 5.10. The van der Waals surface area contributed by atoms with Crippen LogP contribution in [0.25, 0.3) is 0 Å². The molecule has 86 valence electrons. The minimum absolute atomic E-state index is 0.0591. The van der Waals surface area contributed by atoms with Gasteiger partial charge in [-0.1, -0.05) is 45.3 Å². The monoisotopic (exact) mass is 208 g/mol. The van der Waals surface area contributed by atoms with E-state index in [-0.39, 0.29) is 11.5 Å². The van der Waals surface area contributed by atoms with E-state index in [1.165, 1.54) is 32.1 Å². The highest BCUT2D eigenvalue weighted by Crippen LogP contribution is 2.53. The fourth-order valence-electron chi connectivity index (χ4n) is 3.98. The van der Waals surface area contributed by atoms with E-state index in [0.717, 1.165) is 6.42 Å². The summed E-state index contributed by atoms with van der Waals surface area (Å²) in [4.78, 5) is 0. The van der Waals surface area contributed by atoms with Crippen LogP contribution >= 0.6 is 0 Å². The molecule has 0 bridgehead atoms. The van der Waals surface area contributed by atoms with Crippen LogP contribution in [0, 0.1) is 17.3 Å². The lowest BCUT2D eigenvalue weighted by Crippen LogP contribution is -2.49.